The molecule has 6 heteroatoms. The van der Waals surface area contributed by atoms with E-state index < -0.39 is 5.97 Å². The van der Waals surface area contributed by atoms with Gasteiger partial charge < -0.3 is 10.4 Å². The first-order chi connectivity index (χ1) is 8.08. The second-order valence-corrected chi connectivity index (χ2v) is 3.92. The Labute approximate surface area is 98.3 Å². The van der Waals surface area contributed by atoms with Gasteiger partial charge in [-0.05, 0) is 18.6 Å². The zero-order chi connectivity index (χ0) is 12.4. The van der Waals surface area contributed by atoms with Crippen molar-refractivity contribution in [1.29, 1.82) is 0 Å². The van der Waals surface area contributed by atoms with Crippen molar-refractivity contribution in [1.82, 2.24) is 20.1 Å². The van der Waals surface area contributed by atoms with E-state index >= 15 is 0 Å². The Kier molecular flexibility index (Phi) is 3.06. The van der Waals surface area contributed by atoms with Crippen LogP contribution in [0.25, 0.3) is 11.0 Å². The molecule has 0 aromatic carbocycles. The summed E-state index contributed by atoms with van der Waals surface area (Å²) < 4.78 is 1.74. The van der Waals surface area contributed by atoms with E-state index in [2.05, 4.69) is 15.4 Å². The van der Waals surface area contributed by atoms with Crippen molar-refractivity contribution >= 4 is 17.0 Å². The van der Waals surface area contributed by atoms with E-state index in [1.54, 1.807) is 10.9 Å². The molecule has 0 aliphatic rings. The molecule has 2 rings (SSSR count). The molecule has 90 valence electrons. The standard InChI is InChI=1S/C11H14N4O2/c1-7-9-3-8(4-12-6-10(16)17)5-13-11(9)15(2)14-7/h3,5,12H,4,6H2,1-2H3,(H,16,17). The van der Waals surface area contributed by atoms with Crippen LogP contribution in [0.4, 0.5) is 0 Å². The first-order valence-corrected chi connectivity index (χ1v) is 5.28. The summed E-state index contributed by atoms with van der Waals surface area (Å²) in [5.41, 5.74) is 2.72. The lowest BCUT2D eigenvalue weighted by molar-refractivity contribution is -0.135. The number of aliphatic carboxylic acids is 1. The molecule has 0 amide bonds. The number of hydrogen-bond donors (Lipinski definition) is 2. The molecule has 0 saturated heterocycles. The van der Waals surface area contributed by atoms with Gasteiger partial charge in [-0.1, -0.05) is 0 Å². The number of hydrogen-bond acceptors (Lipinski definition) is 4. The number of nitrogens with zero attached hydrogens (tertiary/aromatic N) is 3. The molecule has 0 saturated carbocycles. The third-order valence-electron chi connectivity index (χ3n) is 2.52. The third kappa shape index (κ3) is 2.42. The fraction of sp³-hybridized carbons (Fsp3) is 0.364. The van der Waals surface area contributed by atoms with Crippen molar-refractivity contribution in [2.24, 2.45) is 7.05 Å². The molecule has 0 atom stereocenters. The van der Waals surface area contributed by atoms with E-state index in [1.807, 2.05) is 20.0 Å². The SMILES string of the molecule is Cc1nn(C)c2ncc(CNCC(=O)O)cc12. The lowest BCUT2D eigenvalue weighted by atomic mass is 10.2. The van der Waals surface area contributed by atoms with E-state index in [-0.39, 0.29) is 6.54 Å². The van der Waals surface area contributed by atoms with Gasteiger partial charge in [-0.15, -0.1) is 0 Å². The molecule has 0 radical (unpaired) electrons. The maximum atomic E-state index is 10.4. The molecule has 0 aliphatic heterocycles. The number of rotatable bonds is 4. The maximum Gasteiger partial charge on any atom is 0.317 e. The van der Waals surface area contributed by atoms with Crippen molar-refractivity contribution in [3.8, 4) is 0 Å². The maximum absolute atomic E-state index is 10.4. The Morgan fingerprint density at radius 1 is 1.59 bits per heavy atom. The molecule has 2 aromatic heterocycles. The monoisotopic (exact) mass is 234 g/mol. The average Bonchev–Trinajstić information content (AvgIpc) is 2.54. The van der Waals surface area contributed by atoms with E-state index in [0.29, 0.717) is 6.54 Å². The number of aryl methyl sites for hydroxylation is 2. The fourth-order valence-corrected chi connectivity index (χ4v) is 1.76. The fourth-order valence-electron chi connectivity index (χ4n) is 1.76. The van der Waals surface area contributed by atoms with Crippen LogP contribution in [0.2, 0.25) is 0 Å². The highest BCUT2D eigenvalue weighted by molar-refractivity contribution is 5.78. The van der Waals surface area contributed by atoms with E-state index in [0.717, 1.165) is 22.3 Å². The van der Waals surface area contributed by atoms with Gasteiger partial charge in [0.05, 0.1) is 12.2 Å². The summed E-state index contributed by atoms with van der Waals surface area (Å²) in [6.45, 7) is 2.37. The van der Waals surface area contributed by atoms with Crippen LogP contribution in [0.1, 0.15) is 11.3 Å². The number of pyridine rings is 1. The van der Waals surface area contributed by atoms with Crippen molar-refractivity contribution in [2.75, 3.05) is 6.54 Å². The summed E-state index contributed by atoms with van der Waals surface area (Å²) in [4.78, 5) is 14.7. The van der Waals surface area contributed by atoms with Gasteiger partial charge in [-0.3, -0.25) is 9.48 Å². The van der Waals surface area contributed by atoms with Gasteiger partial charge in [0.25, 0.3) is 0 Å². The van der Waals surface area contributed by atoms with Gasteiger partial charge in [0.15, 0.2) is 5.65 Å². The predicted molar refractivity (Wildman–Crippen MR) is 62.6 cm³/mol. The highest BCUT2D eigenvalue weighted by atomic mass is 16.4. The largest absolute Gasteiger partial charge is 0.480 e. The van der Waals surface area contributed by atoms with Crippen LogP contribution in [0, 0.1) is 6.92 Å². The van der Waals surface area contributed by atoms with E-state index in [9.17, 15) is 4.79 Å². The van der Waals surface area contributed by atoms with Crippen LogP contribution in [0.15, 0.2) is 12.3 Å². The Hall–Kier alpha value is -1.95. The quantitative estimate of drug-likeness (QED) is 0.803. The second kappa shape index (κ2) is 4.50. The minimum atomic E-state index is -0.864. The molecule has 2 N–H and O–H groups in total. The summed E-state index contributed by atoms with van der Waals surface area (Å²) >= 11 is 0. The van der Waals surface area contributed by atoms with Crippen LogP contribution < -0.4 is 5.32 Å². The van der Waals surface area contributed by atoms with Crippen LogP contribution in [0.5, 0.6) is 0 Å². The smallest absolute Gasteiger partial charge is 0.317 e. The Bertz CT molecular complexity index is 562. The Balaban J connectivity index is 2.19. The van der Waals surface area contributed by atoms with Crippen molar-refractivity contribution in [3.05, 3.63) is 23.5 Å². The molecule has 17 heavy (non-hydrogen) atoms. The molecule has 0 aliphatic carbocycles. The highest BCUT2D eigenvalue weighted by Crippen LogP contribution is 2.16. The first kappa shape index (κ1) is 11.5. The molecular weight excluding hydrogens is 220 g/mol. The number of fused-ring (bicyclic) bond motifs is 1. The van der Waals surface area contributed by atoms with E-state index in [1.165, 1.54) is 0 Å². The summed E-state index contributed by atoms with van der Waals surface area (Å²) in [7, 11) is 1.85. The van der Waals surface area contributed by atoms with Gasteiger partial charge in [-0.25, -0.2) is 4.98 Å². The number of nitrogens with one attached hydrogen (secondary N) is 1. The van der Waals surface area contributed by atoms with Gasteiger partial charge in [0.2, 0.25) is 0 Å². The second-order valence-electron chi connectivity index (χ2n) is 3.92. The molecule has 2 heterocycles. The number of carboxylic acids is 1. The summed E-state index contributed by atoms with van der Waals surface area (Å²) in [5, 5.41) is 16.6. The number of carbonyl (C=O) groups is 1. The zero-order valence-corrected chi connectivity index (χ0v) is 9.77. The number of carboxylic acid groups (broad SMARTS) is 1. The molecule has 0 unspecified atom stereocenters. The van der Waals surface area contributed by atoms with Crippen LogP contribution in [0.3, 0.4) is 0 Å². The minimum absolute atomic E-state index is 0.0515. The Morgan fingerprint density at radius 2 is 2.35 bits per heavy atom. The van der Waals surface area contributed by atoms with Crippen LogP contribution in [-0.4, -0.2) is 32.4 Å². The van der Waals surface area contributed by atoms with Gasteiger partial charge in [0, 0.05) is 25.2 Å². The van der Waals surface area contributed by atoms with E-state index in [4.69, 9.17) is 5.11 Å². The van der Waals surface area contributed by atoms with Crippen molar-refractivity contribution in [2.45, 2.75) is 13.5 Å². The predicted octanol–water partition coefficient (Wildman–Crippen LogP) is 0.451. The first-order valence-electron chi connectivity index (χ1n) is 5.28. The highest BCUT2D eigenvalue weighted by Gasteiger charge is 2.06. The zero-order valence-electron chi connectivity index (χ0n) is 9.77. The molecule has 0 fully saturated rings. The van der Waals surface area contributed by atoms with Crippen LogP contribution in [-0.2, 0) is 18.4 Å². The van der Waals surface area contributed by atoms with Crippen LogP contribution >= 0.6 is 0 Å². The van der Waals surface area contributed by atoms with Gasteiger partial charge >= 0.3 is 5.97 Å². The average molecular weight is 234 g/mol. The van der Waals surface area contributed by atoms with Crippen molar-refractivity contribution in [3.63, 3.8) is 0 Å². The Morgan fingerprint density at radius 3 is 3.06 bits per heavy atom. The minimum Gasteiger partial charge on any atom is -0.480 e. The lowest BCUT2D eigenvalue weighted by Gasteiger charge is -2.02. The summed E-state index contributed by atoms with van der Waals surface area (Å²) in [6.07, 6.45) is 1.73. The van der Waals surface area contributed by atoms with Gasteiger partial charge in [-0.2, -0.15) is 5.10 Å². The molecule has 0 spiro atoms. The molecular formula is C11H14N4O2. The molecule has 6 nitrogen and oxygen atoms in total. The van der Waals surface area contributed by atoms with Crippen molar-refractivity contribution < 1.29 is 9.90 Å². The molecule has 0 bridgehead atoms. The lowest BCUT2D eigenvalue weighted by Crippen LogP contribution is -2.21. The summed E-state index contributed by atoms with van der Waals surface area (Å²) in [6, 6.07) is 1.99. The normalized spacial score (nSPS) is 10.9. The summed E-state index contributed by atoms with van der Waals surface area (Å²) in [5.74, 6) is -0.864. The topological polar surface area (TPSA) is 80.0 Å². The third-order valence-corrected chi connectivity index (χ3v) is 2.52. The molecule has 2 aromatic rings. The van der Waals surface area contributed by atoms with Gasteiger partial charge in [0.1, 0.15) is 0 Å². The number of aromatic nitrogens is 3.